The zero-order chi connectivity index (χ0) is 16.6. The molecule has 0 spiro atoms. The molecule has 0 bridgehead atoms. The monoisotopic (exact) mass is 322 g/mol. The average Bonchev–Trinajstić information content (AvgIpc) is 3.18. The van der Waals surface area contributed by atoms with Gasteiger partial charge >= 0.3 is 0 Å². The van der Waals surface area contributed by atoms with E-state index in [0.29, 0.717) is 6.17 Å². The third-order valence-corrected chi connectivity index (χ3v) is 5.26. The highest BCUT2D eigenvalue weighted by molar-refractivity contribution is 5.16. The first kappa shape index (κ1) is 17.2. The van der Waals surface area contributed by atoms with Crippen LogP contribution in [0.25, 0.3) is 0 Å². The van der Waals surface area contributed by atoms with Crippen LogP contribution in [0.2, 0.25) is 0 Å². The molecule has 128 valence electrons. The third kappa shape index (κ3) is 4.93. The summed E-state index contributed by atoms with van der Waals surface area (Å²) in [6.07, 6.45) is 5.52. The van der Waals surface area contributed by atoms with E-state index in [1.54, 1.807) is 0 Å². The van der Waals surface area contributed by atoms with Gasteiger partial charge in [-0.05, 0) is 56.8 Å². The Kier molecular flexibility index (Phi) is 6.45. The number of benzene rings is 2. The van der Waals surface area contributed by atoms with Crippen molar-refractivity contribution in [3.8, 4) is 0 Å². The highest BCUT2D eigenvalue weighted by Crippen LogP contribution is 2.16. The van der Waals surface area contributed by atoms with Gasteiger partial charge in [-0.2, -0.15) is 0 Å². The van der Waals surface area contributed by atoms with Gasteiger partial charge in [0.2, 0.25) is 0 Å². The quantitative estimate of drug-likeness (QED) is 0.718. The molecule has 2 aromatic rings. The van der Waals surface area contributed by atoms with Gasteiger partial charge in [-0.3, -0.25) is 9.80 Å². The first-order valence-corrected chi connectivity index (χ1v) is 9.39. The fraction of sp³-hybridized carbons (Fsp3) is 0.455. The fourth-order valence-electron chi connectivity index (χ4n) is 3.67. The maximum atomic E-state index is 2.67. The van der Waals surface area contributed by atoms with E-state index in [4.69, 9.17) is 0 Å². The summed E-state index contributed by atoms with van der Waals surface area (Å²) < 4.78 is 0. The first-order chi connectivity index (χ1) is 11.8. The normalized spacial score (nSPS) is 16.6. The van der Waals surface area contributed by atoms with E-state index in [9.17, 15) is 0 Å². The summed E-state index contributed by atoms with van der Waals surface area (Å²) in [5.74, 6) is 0. The summed E-state index contributed by atoms with van der Waals surface area (Å²) in [5.41, 5.74) is 2.88. The summed E-state index contributed by atoms with van der Waals surface area (Å²) in [6, 6.07) is 21.8. The van der Waals surface area contributed by atoms with Crippen LogP contribution in [0.4, 0.5) is 0 Å². The molecule has 1 unspecified atom stereocenters. The molecule has 0 radical (unpaired) electrons. The molecule has 0 amide bonds. The number of hydrogen-bond acceptors (Lipinski definition) is 2. The van der Waals surface area contributed by atoms with Crippen molar-refractivity contribution in [2.75, 3.05) is 26.2 Å². The van der Waals surface area contributed by atoms with Crippen LogP contribution in [-0.4, -0.2) is 42.1 Å². The molecule has 1 saturated heterocycles. The van der Waals surface area contributed by atoms with E-state index >= 15 is 0 Å². The molecule has 2 aromatic carbocycles. The van der Waals surface area contributed by atoms with Crippen LogP contribution in [0.15, 0.2) is 60.7 Å². The molecule has 1 heterocycles. The maximum Gasteiger partial charge on any atom is 0.0593 e. The molecule has 1 fully saturated rings. The average molecular weight is 322 g/mol. The lowest BCUT2D eigenvalue weighted by atomic mass is 10.1. The van der Waals surface area contributed by atoms with Gasteiger partial charge in [0, 0.05) is 13.1 Å². The van der Waals surface area contributed by atoms with Crippen molar-refractivity contribution < 1.29 is 0 Å². The van der Waals surface area contributed by atoms with Gasteiger partial charge in [0.15, 0.2) is 0 Å². The van der Waals surface area contributed by atoms with Crippen LogP contribution >= 0.6 is 0 Å². The minimum Gasteiger partial charge on any atom is -0.288 e. The lowest BCUT2D eigenvalue weighted by Gasteiger charge is -2.35. The molecule has 24 heavy (non-hydrogen) atoms. The fourth-order valence-corrected chi connectivity index (χ4v) is 3.67. The van der Waals surface area contributed by atoms with Crippen LogP contribution in [0, 0.1) is 0 Å². The molecular weight excluding hydrogens is 292 g/mol. The van der Waals surface area contributed by atoms with Crippen molar-refractivity contribution in [1.82, 2.24) is 9.80 Å². The largest absolute Gasteiger partial charge is 0.288 e. The molecule has 0 aliphatic carbocycles. The van der Waals surface area contributed by atoms with Crippen LogP contribution in [0.1, 0.15) is 30.9 Å². The topological polar surface area (TPSA) is 6.48 Å². The molecule has 1 aliphatic heterocycles. The Morgan fingerprint density at radius 1 is 0.792 bits per heavy atom. The van der Waals surface area contributed by atoms with Crippen LogP contribution in [0.3, 0.4) is 0 Å². The lowest BCUT2D eigenvalue weighted by molar-refractivity contribution is 0.0747. The van der Waals surface area contributed by atoms with Crippen LogP contribution in [-0.2, 0) is 12.8 Å². The second-order valence-electron chi connectivity index (χ2n) is 6.88. The minimum absolute atomic E-state index is 0.542. The molecule has 0 aromatic heterocycles. The van der Waals surface area contributed by atoms with E-state index in [1.807, 2.05) is 0 Å². The second-order valence-corrected chi connectivity index (χ2v) is 6.88. The second kappa shape index (κ2) is 9.00. The van der Waals surface area contributed by atoms with Crippen LogP contribution in [0.5, 0.6) is 0 Å². The third-order valence-electron chi connectivity index (χ3n) is 5.26. The molecule has 0 saturated carbocycles. The van der Waals surface area contributed by atoms with Crippen molar-refractivity contribution >= 4 is 0 Å². The summed E-state index contributed by atoms with van der Waals surface area (Å²) in [6.45, 7) is 7.17. The maximum absolute atomic E-state index is 2.67. The molecule has 2 heteroatoms. The number of likely N-dealkylation sites (tertiary alicyclic amines) is 1. The van der Waals surface area contributed by atoms with E-state index in [1.165, 1.54) is 37.1 Å². The zero-order valence-corrected chi connectivity index (χ0v) is 14.9. The number of nitrogens with zero attached hydrogens (tertiary/aromatic N) is 2. The summed E-state index contributed by atoms with van der Waals surface area (Å²) in [5, 5.41) is 0. The van der Waals surface area contributed by atoms with Gasteiger partial charge in [0.05, 0.1) is 6.17 Å². The predicted molar refractivity (Wildman–Crippen MR) is 102 cm³/mol. The molecular formula is C22H30N2. The Labute approximate surface area is 147 Å². The van der Waals surface area contributed by atoms with Crippen molar-refractivity contribution in [3.63, 3.8) is 0 Å². The van der Waals surface area contributed by atoms with E-state index in [-0.39, 0.29) is 0 Å². The van der Waals surface area contributed by atoms with E-state index in [2.05, 4.69) is 77.4 Å². The Hall–Kier alpha value is -1.64. The summed E-state index contributed by atoms with van der Waals surface area (Å²) >= 11 is 0. The SMILES string of the molecule is CC(N1CCCC1)N(CCc1ccccc1)CCc1ccccc1. The molecule has 1 atom stereocenters. The smallest absolute Gasteiger partial charge is 0.0593 e. The van der Waals surface area contributed by atoms with Gasteiger partial charge in [0.1, 0.15) is 0 Å². The highest BCUT2D eigenvalue weighted by Gasteiger charge is 2.23. The van der Waals surface area contributed by atoms with E-state index in [0.717, 1.165) is 25.9 Å². The van der Waals surface area contributed by atoms with Gasteiger partial charge in [0.25, 0.3) is 0 Å². The van der Waals surface area contributed by atoms with E-state index < -0.39 is 0 Å². The molecule has 0 N–H and O–H groups in total. The van der Waals surface area contributed by atoms with Gasteiger partial charge in [-0.15, -0.1) is 0 Å². The predicted octanol–water partition coefficient (Wildman–Crippen LogP) is 4.22. The minimum atomic E-state index is 0.542. The van der Waals surface area contributed by atoms with Crippen molar-refractivity contribution in [2.45, 2.75) is 38.8 Å². The van der Waals surface area contributed by atoms with Crippen molar-refractivity contribution in [2.24, 2.45) is 0 Å². The Balaban J connectivity index is 1.60. The lowest BCUT2D eigenvalue weighted by Crippen LogP contribution is -2.46. The van der Waals surface area contributed by atoms with Crippen molar-refractivity contribution in [3.05, 3.63) is 71.8 Å². The first-order valence-electron chi connectivity index (χ1n) is 9.39. The molecule has 3 rings (SSSR count). The summed E-state index contributed by atoms with van der Waals surface area (Å²) in [4.78, 5) is 5.32. The number of rotatable bonds is 8. The number of hydrogen-bond donors (Lipinski definition) is 0. The van der Waals surface area contributed by atoms with Gasteiger partial charge < -0.3 is 0 Å². The Bertz CT molecular complexity index is 532. The standard InChI is InChI=1S/C22H30N2/c1-20(23-16-8-9-17-23)24(18-14-21-10-4-2-5-11-21)19-15-22-12-6-3-7-13-22/h2-7,10-13,20H,8-9,14-19H2,1H3. The van der Waals surface area contributed by atoms with Gasteiger partial charge in [-0.25, -0.2) is 0 Å². The highest BCUT2D eigenvalue weighted by atomic mass is 15.3. The molecule has 1 aliphatic rings. The Morgan fingerprint density at radius 2 is 1.25 bits per heavy atom. The van der Waals surface area contributed by atoms with Crippen molar-refractivity contribution in [1.29, 1.82) is 0 Å². The molecule has 2 nitrogen and oxygen atoms in total. The van der Waals surface area contributed by atoms with Gasteiger partial charge in [-0.1, -0.05) is 60.7 Å². The zero-order valence-electron chi connectivity index (χ0n) is 14.9. The Morgan fingerprint density at radius 3 is 1.71 bits per heavy atom. The summed E-state index contributed by atoms with van der Waals surface area (Å²) in [7, 11) is 0. The van der Waals surface area contributed by atoms with Crippen LogP contribution < -0.4 is 0 Å².